The van der Waals surface area contributed by atoms with Crippen LogP contribution in [-0.4, -0.2) is 28.8 Å². The molecule has 0 saturated heterocycles. The van der Waals surface area contributed by atoms with Crippen LogP contribution in [0.5, 0.6) is 0 Å². The van der Waals surface area contributed by atoms with Crippen LogP contribution in [0.2, 0.25) is 0 Å². The van der Waals surface area contributed by atoms with Gasteiger partial charge in [-0.2, -0.15) is 0 Å². The first kappa shape index (κ1) is 11.7. The van der Waals surface area contributed by atoms with Gasteiger partial charge in [0, 0.05) is 0 Å². The summed E-state index contributed by atoms with van der Waals surface area (Å²) in [7, 11) is 0. The van der Waals surface area contributed by atoms with Crippen LogP contribution in [-0.2, 0) is 9.53 Å². The highest BCUT2D eigenvalue weighted by molar-refractivity contribution is 5.83. The smallest absolute Gasteiger partial charge is 0.408 e. The quantitative estimate of drug-likeness (QED) is 0.694. The molecule has 0 atom stereocenters. The number of alkyl carbamates (subject to hydrolysis) is 1. The number of carbonyl (C=O) groups is 2. The molecule has 2 N–H and O–H groups in total. The van der Waals surface area contributed by atoms with Crippen molar-refractivity contribution in [1.29, 1.82) is 0 Å². The molecule has 0 unspecified atom stereocenters. The lowest BCUT2D eigenvalue weighted by atomic mass is 10.1. The summed E-state index contributed by atoms with van der Waals surface area (Å²) in [4.78, 5) is 21.5. The van der Waals surface area contributed by atoms with Gasteiger partial charge in [-0.25, -0.2) is 9.59 Å². The van der Waals surface area contributed by atoms with Gasteiger partial charge < -0.3 is 15.2 Å². The topological polar surface area (TPSA) is 75.6 Å². The number of hydrogen-bond acceptors (Lipinski definition) is 3. The molecule has 0 bridgehead atoms. The van der Waals surface area contributed by atoms with Crippen LogP contribution < -0.4 is 5.32 Å². The third-order valence-electron chi connectivity index (χ3n) is 1.29. The Labute approximate surface area is 77.1 Å². The molecular formula is C8H15NO4. The predicted molar refractivity (Wildman–Crippen MR) is 46.5 cm³/mol. The van der Waals surface area contributed by atoms with Gasteiger partial charge in [-0.3, -0.25) is 0 Å². The molecule has 13 heavy (non-hydrogen) atoms. The zero-order chi connectivity index (χ0) is 10.6. The first-order chi connectivity index (χ1) is 5.75. The maximum absolute atomic E-state index is 11.0. The van der Waals surface area contributed by atoms with E-state index in [1.165, 1.54) is 13.8 Å². The minimum atomic E-state index is -1.30. The third kappa shape index (κ3) is 4.35. The number of aliphatic carboxylic acids is 1. The molecule has 0 aliphatic rings. The van der Waals surface area contributed by atoms with E-state index in [9.17, 15) is 9.59 Å². The van der Waals surface area contributed by atoms with Crippen LogP contribution in [0.15, 0.2) is 0 Å². The minimum Gasteiger partial charge on any atom is -0.480 e. The second-order valence-corrected chi connectivity index (χ2v) is 3.51. The second kappa shape index (κ2) is 4.11. The van der Waals surface area contributed by atoms with Crippen molar-refractivity contribution in [3.63, 3.8) is 0 Å². The summed E-state index contributed by atoms with van der Waals surface area (Å²) in [5.74, 6) is -1.10. The van der Waals surface area contributed by atoms with Gasteiger partial charge >= 0.3 is 12.1 Å². The maximum atomic E-state index is 11.0. The number of rotatable bonds is 3. The molecule has 5 heteroatoms. The van der Waals surface area contributed by atoms with Gasteiger partial charge in [0.1, 0.15) is 5.54 Å². The Bertz CT molecular complexity index is 210. The van der Waals surface area contributed by atoms with Gasteiger partial charge in [-0.05, 0) is 27.7 Å². The van der Waals surface area contributed by atoms with Crippen LogP contribution in [0.1, 0.15) is 27.7 Å². The Balaban J connectivity index is 4.12. The molecular weight excluding hydrogens is 174 g/mol. The summed E-state index contributed by atoms with van der Waals surface area (Å²) < 4.78 is 4.72. The predicted octanol–water partition coefficient (Wildman–Crippen LogP) is 0.984. The summed E-state index contributed by atoms with van der Waals surface area (Å²) in [5.41, 5.74) is -1.30. The number of carboxylic acid groups (broad SMARTS) is 1. The number of carboxylic acids is 1. The monoisotopic (exact) mass is 189 g/mol. The zero-order valence-electron chi connectivity index (χ0n) is 8.25. The number of amides is 1. The van der Waals surface area contributed by atoms with Crippen LogP contribution in [0.25, 0.3) is 0 Å². The molecule has 0 heterocycles. The Morgan fingerprint density at radius 1 is 1.38 bits per heavy atom. The number of carbonyl (C=O) groups excluding carboxylic acids is 1. The normalized spacial score (nSPS) is 11.2. The lowest BCUT2D eigenvalue weighted by Crippen LogP contribution is -2.50. The third-order valence-corrected chi connectivity index (χ3v) is 1.29. The molecule has 0 radical (unpaired) electrons. The fourth-order valence-corrected chi connectivity index (χ4v) is 0.552. The van der Waals surface area contributed by atoms with Gasteiger partial charge in [0.2, 0.25) is 0 Å². The van der Waals surface area contributed by atoms with E-state index < -0.39 is 17.6 Å². The van der Waals surface area contributed by atoms with Crippen LogP contribution in [0, 0.1) is 0 Å². The summed E-state index contributed by atoms with van der Waals surface area (Å²) >= 11 is 0. The summed E-state index contributed by atoms with van der Waals surface area (Å²) in [6, 6.07) is 0. The van der Waals surface area contributed by atoms with E-state index in [1.807, 2.05) is 0 Å². The van der Waals surface area contributed by atoms with Crippen molar-refractivity contribution >= 4 is 12.1 Å². The van der Waals surface area contributed by atoms with Gasteiger partial charge in [0.15, 0.2) is 0 Å². The van der Waals surface area contributed by atoms with Gasteiger partial charge in [0.05, 0.1) is 6.10 Å². The molecule has 0 aromatic heterocycles. The molecule has 0 fully saturated rings. The Morgan fingerprint density at radius 3 is 2.15 bits per heavy atom. The first-order valence-electron chi connectivity index (χ1n) is 3.98. The Kier molecular flexibility index (Phi) is 3.71. The molecule has 5 nitrogen and oxygen atoms in total. The van der Waals surface area contributed by atoms with Crippen molar-refractivity contribution < 1.29 is 19.4 Å². The van der Waals surface area contributed by atoms with Crippen molar-refractivity contribution in [2.45, 2.75) is 39.3 Å². The largest absolute Gasteiger partial charge is 0.480 e. The zero-order valence-corrected chi connectivity index (χ0v) is 8.25. The lowest BCUT2D eigenvalue weighted by Gasteiger charge is -2.21. The average Bonchev–Trinajstić information content (AvgIpc) is 1.82. The van der Waals surface area contributed by atoms with Crippen molar-refractivity contribution in [2.75, 3.05) is 0 Å². The molecule has 0 rings (SSSR count). The maximum Gasteiger partial charge on any atom is 0.408 e. The number of ether oxygens (including phenoxy) is 1. The highest BCUT2D eigenvalue weighted by atomic mass is 16.6. The fourth-order valence-electron chi connectivity index (χ4n) is 0.552. The Morgan fingerprint density at radius 2 is 1.85 bits per heavy atom. The van der Waals surface area contributed by atoms with Crippen molar-refractivity contribution in [3.05, 3.63) is 0 Å². The van der Waals surface area contributed by atoms with Crippen molar-refractivity contribution in [2.24, 2.45) is 0 Å². The van der Waals surface area contributed by atoms with E-state index in [1.54, 1.807) is 13.8 Å². The van der Waals surface area contributed by atoms with E-state index in [0.717, 1.165) is 0 Å². The fraction of sp³-hybridized carbons (Fsp3) is 0.750. The first-order valence-corrected chi connectivity index (χ1v) is 3.98. The van der Waals surface area contributed by atoms with Gasteiger partial charge in [-0.1, -0.05) is 0 Å². The molecule has 0 spiro atoms. The second-order valence-electron chi connectivity index (χ2n) is 3.51. The standard InChI is InChI=1S/C8H15NO4/c1-5(2)13-7(12)9-8(3,4)6(10)11/h5H,1-4H3,(H,9,12)(H,10,11). The number of hydrogen-bond donors (Lipinski definition) is 2. The van der Waals surface area contributed by atoms with Crippen LogP contribution in [0.4, 0.5) is 4.79 Å². The van der Waals surface area contributed by atoms with E-state index in [4.69, 9.17) is 9.84 Å². The molecule has 1 amide bonds. The molecule has 0 saturated carbocycles. The van der Waals surface area contributed by atoms with E-state index in [0.29, 0.717) is 0 Å². The van der Waals surface area contributed by atoms with E-state index in [-0.39, 0.29) is 6.10 Å². The molecule has 0 aliphatic carbocycles. The van der Waals surface area contributed by atoms with E-state index >= 15 is 0 Å². The number of nitrogens with one attached hydrogen (secondary N) is 1. The average molecular weight is 189 g/mol. The molecule has 0 aromatic rings. The summed E-state index contributed by atoms with van der Waals surface area (Å²) in [6.45, 7) is 6.15. The van der Waals surface area contributed by atoms with E-state index in [2.05, 4.69) is 5.32 Å². The summed E-state index contributed by atoms with van der Waals surface area (Å²) in [5, 5.41) is 10.9. The SMILES string of the molecule is CC(C)OC(=O)NC(C)(C)C(=O)O. The summed E-state index contributed by atoms with van der Waals surface area (Å²) in [6.07, 6.45) is -0.980. The molecule has 0 aromatic carbocycles. The van der Waals surface area contributed by atoms with Gasteiger partial charge in [0.25, 0.3) is 0 Å². The van der Waals surface area contributed by atoms with Crippen molar-refractivity contribution in [1.82, 2.24) is 5.32 Å². The van der Waals surface area contributed by atoms with Crippen molar-refractivity contribution in [3.8, 4) is 0 Å². The highest BCUT2D eigenvalue weighted by Crippen LogP contribution is 2.02. The highest BCUT2D eigenvalue weighted by Gasteiger charge is 2.29. The minimum absolute atomic E-state index is 0.260. The molecule has 0 aliphatic heterocycles. The van der Waals surface area contributed by atoms with Gasteiger partial charge in [-0.15, -0.1) is 0 Å². The molecule has 76 valence electrons. The lowest BCUT2D eigenvalue weighted by molar-refractivity contribution is -0.143. The van der Waals surface area contributed by atoms with Crippen LogP contribution in [0.3, 0.4) is 0 Å². The Hall–Kier alpha value is -1.26. The van der Waals surface area contributed by atoms with Crippen LogP contribution >= 0.6 is 0 Å².